The molecular formula is C16H10ClF2NO3. The molecule has 0 atom stereocenters. The van der Waals surface area contributed by atoms with Gasteiger partial charge in [-0.2, -0.15) is 0 Å². The second kappa shape index (κ2) is 5.96. The van der Waals surface area contributed by atoms with E-state index < -0.39 is 24.8 Å². The number of carbonyl (C=O) groups excluding carboxylic acids is 2. The molecule has 0 radical (unpaired) electrons. The summed E-state index contributed by atoms with van der Waals surface area (Å²) < 4.78 is 29.2. The first-order valence-corrected chi connectivity index (χ1v) is 7.05. The summed E-state index contributed by atoms with van der Waals surface area (Å²) in [6.07, 6.45) is -2.62. The summed E-state index contributed by atoms with van der Waals surface area (Å²) in [5.41, 5.74) is 0.879. The summed E-state index contributed by atoms with van der Waals surface area (Å²) in [6.45, 7) is -0.786. The lowest BCUT2D eigenvalue weighted by atomic mass is 10.1. The van der Waals surface area contributed by atoms with Crippen LogP contribution in [0.3, 0.4) is 0 Å². The Balaban J connectivity index is 1.90. The Morgan fingerprint density at radius 3 is 2.17 bits per heavy atom. The summed E-state index contributed by atoms with van der Waals surface area (Å²) in [5.74, 6) is -0.849. The van der Waals surface area contributed by atoms with Gasteiger partial charge in [-0.15, -0.1) is 0 Å². The van der Waals surface area contributed by atoms with Gasteiger partial charge in [-0.3, -0.25) is 9.59 Å². The van der Waals surface area contributed by atoms with E-state index in [1.54, 1.807) is 24.3 Å². The Morgan fingerprint density at radius 2 is 1.65 bits per heavy atom. The van der Waals surface area contributed by atoms with Gasteiger partial charge in [0.15, 0.2) is 0 Å². The molecule has 7 heteroatoms. The molecule has 0 aromatic heterocycles. The van der Waals surface area contributed by atoms with Gasteiger partial charge in [0.2, 0.25) is 0 Å². The van der Waals surface area contributed by atoms with Crippen molar-refractivity contribution in [3.63, 3.8) is 0 Å². The first-order valence-electron chi connectivity index (χ1n) is 6.67. The fourth-order valence-electron chi connectivity index (χ4n) is 2.32. The molecule has 0 fully saturated rings. The normalized spacial score (nSPS) is 13.7. The number of rotatable bonds is 4. The molecule has 0 saturated heterocycles. The zero-order valence-electron chi connectivity index (χ0n) is 11.6. The number of amides is 2. The molecule has 0 saturated carbocycles. The highest BCUT2D eigenvalue weighted by Crippen LogP contribution is 2.33. The molecule has 118 valence electrons. The average Bonchev–Trinajstić information content (AvgIpc) is 2.78. The molecule has 0 N–H and O–H groups in total. The van der Waals surface area contributed by atoms with Gasteiger partial charge in [0.25, 0.3) is 18.2 Å². The van der Waals surface area contributed by atoms with Crippen molar-refractivity contribution in [1.82, 2.24) is 0 Å². The third-order valence-electron chi connectivity index (χ3n) is 3.33. The van der Waals surface area contributed by atoms with E-state index in [9.17, 15) is 18.4 Å². The number of benzene rings is 2. The lowest BCUT2D eigenvalue weighted by Gasteiger charge is -2.15. The molecule has 0 bridgehead atoms. The van der Waals surface area contributed by atoms with Gasteiger partial charge >= 0.3 is 0 Å². The number of alkyl halides is 2. The molecule has 1 aliphatic rings. The summed E-state index contributed by atoms with van der Waals surface area (Å²) >= 11 is 5.98. The smallest absolute Gasteiger partial charge is 0.272 e. The Kier molecular flexibility index (Phi) is 4.00. The van der Waals surface area contributed by atoms with Crippen molar-refractivity contribution in [2.24, 2.45) is 0 Å². The van der Waals surface area contributed by atoms with E-state index in [1.807, 2.05) is 0 Å². The molecule has 1 heterocycles. The van der Waals surface area contributed by atoms with Crippen LogP contribution in [-0.2, 0) is 0 Å². The molecule has 0 aliphatic carbocycles. The second-order valence-corrected chi connectivity index (χ2v) is 5.22. The Bertz CT molecular complexity index is 760. The van der Waals surface area contributed by atoms with Gasteiger partial charge in [0, 0.05) is 0 Å². The van der Waals surface area contributed by atoms with Crippen molar-refractivity contribution < 1.29 is 23.1 Å². The molecule has 23 heavy (non-hydrogen) atoms. The van der Waals surface area contributed by atoms with Crippen LogP contribution in [0.25, 0.3) is 0 Å². The monoisotopic (exact) mass is 337 g/mol. The molecule has 2 aromatic rings. The summed E-state index contributed by atoms with van der Waals surface area (Å²) in [5, 5.41) is 0.0414. The van der Waals surface area contributed by atoms with E-state index in [-0.39, 0.29) is 16.5 Å². The zero-order valence-corrected chi connectivity index (χ0v) is 12.4. The van der Waals surface area contributed by atoms with Crippen LogP contribution in [0.1, 0.15) is 20.7 Å². The Hall–Kier alpha value is -2.47. The molecule has 2 aromatic carbocycles. The fourth-order valence-corrected chi connectivity index (χ4v) is 2.55. The predicted octanol–water partition coefficient (Wildman–Crippen LogP) is 3.78. The topological polar surface area (TPSA) is 46.6 Å². The van der Waals surface area contributed by atoms with Crippen molar-refractivity contribution in [3.05, 3.63) is 58.6 Å². The molecular weight excluding hydrogens is 328 g/mol. The van der Waals surface area contributed by atoms with E-state index >= 15 is 0 Å². The standard InChI is InChI=1S/C16H10ClF2NO3/c17-12-7-9(5-6-13(12)23-8-14(18)19)20-15(21)10-3-1-2-4-11(10)16(20)22/h1-7,14H,8H2. The maximum atomic E-state index is 12.4. The van der Waals surface area contributed by atoms with Gasteiger partial charge < -0.3 is 4.74 Å². The first kappa shape index (κ1) is 15.4. The SMILES string of the molecule is O=C1c2ccccc2C(=O)N1c1ccc(OCC(F)F)c(Cl)c1. The number of hydrogen-bond acceptors (Lipinski definition) is 3. The molecule has 4 nitrogen and oxygen atoms in total. The van der Waals surface area contributed by atoms with Gasteiger partial charge in [-0.1, -0.05) is 23.7 Å². The molecule has 3 rings (SSSR count). The highest BCUT2D eigenvalue weighted by atomic mass is 35.5. The van der Waals surface area contributed by atoms with Crippen LogP contribution < -0.4 is 9.64 Å². The molecule has 1 aliphatic heterocycles. The van der Waals surface area contributed by atoms with Crippen LogP contribution in [0.5, 0.6) is 5.75 Å². The van der Waals surface area contributed by atoms with Crippen LogP contribution in [0.4, 0.5) is 14.5 Å². The highest BCUT2D eigenvalue weighted by molar-refractivity contribution is 6.36. The third kappa shape index (κ3) is 2.77. The van der Waals surface area contributed by atoms with Crippen molar-refractivity contribution in [2.45, 2.75) is 6.43 Å². The third-order valence-corrected chi connectivity index (χ3v) is 3.63. The number of hydrogen-bond donors (Lipinski definition) is 0. The van der Waals surface area contributed by atoms with Gasteiger partial charge in [0.05, 0.1) is 21.8 Å². The number of imide groups is 1. The lowest BCUT2D eigenvalue weighted by Crippen LogP contribution is -2.29. The number of anilines is 1. The van der Waals surface area contributed by atoms with Crippen LogP contribution in [-0.4, -0.2) is 24.8 Å². The Morgan fingerprint density at radius 1 is 1.04 bits per heavy atom. The number of ether oxygens (including phenoxy) is 1. The number of fused-ring (bicyclic) bond motifs is 1. The van der Waals surface area contributed by atoms with E-state index in [0.717, 1.165) is 4.90 Å². The Labute approximate surface area is 135 Å². The van der Waals surface area contributed by atoms with Crippen molar-refractivity contribution in [2.75, 3.05) is 11.5 Å². The van der Waals surface area contributed by atoms with E-state index in [0.29, 0.717) is 11.1 Å². The van der Waals surface area contributed by atoms with Crippen LogP contribution in [0, 0.1) is 0 Å². The van der Waals surface area contributed by atoms with Crippen molar-refractivity contribution >= 4 is 29.1 Å². The summed E-state index contributed by atoms with van der Waals surface area (Å²) in [4.78, 5) is 25.7. The maximum absolute atomic E-state index is 12.4. The largest absolute Gasteiger partial charge is 0.486 e. The van der Waals surface area contributed by atoms with E-state index in [2.05, 4.69) is 0 Å². The number of halogens is 3. The predicted molar refractivity (Wildman–Crippen MR) is 80.5 cm³/mol. The quantitative estimate of drug-likeness (QED) is 0.798. The second-order valence-electron chi connectivity index (χ2n) is 4.81. The van der Waals surface area contributed by atoms with Crippen LogP contribution in [0.2, 0.25) is 5.02 Å². The summed E-state index contributed by atoms with van der Waals surface area (Å²) in [7, 11) is 0. The minimum atomic E-state index is -2.62. The maximum Gasteiger partial charge on any atom is 0.272 e. The molecule has 0 spiro atoms. The van der Waals surface area contributed by atoms with E-state index in [1.165, 1.54) is 18.2 Å². The lowest BCUT2D eigenvalue weighted by molar-refractivity contribution is 0.0819. The van der Waals surface area contributed by atoms with Gasteiger partial charge in [-0.25, -0.2) is 13.7 Å². The first-order chi connectivity index (χ1) is 11.0. The van der Waals surface area contributed by atoms with E-state index in [4.69, 9.17) is 16.3 Å². The van der Waals surface area contributed by atoms with Crippen molar-refractivity contribution in [3.8, 4) is 5.75 Å². The minimum absolute atomic E-state index is 0.0414. The van der Waals surface area contributed by atoms with Gasteiger partial charge in [0.1, 0.15) is 12.4 Å². The van der Waals surface area contributed by atoms with Crippen molar-refractivity contribution in [1.29, 1.82) is 0 Å². The van der Waals surface area contributed by atoms with Crippen LogP contribution >= 0.6 is 11.6 Å². The highest BCUT2D eigenvalue weighted by Gasteiger charge is 2.36. The van der Waals surface area contributed by atoms with Crippen LogP contribution in [0.15, 0.2) is 42.5 Å². The summed E-state index contributed by atoms with van der Waals surface area (Å²) in [6, 6.07) is 10.6. The fraction of sp³-hybridized carbons (Fsp3) is 0.125. The number of nitrogens with zero attached hydrogens (tertiary/aromatic N) is 1. The zero-order chi connectivity index (χ0) is 16.6. The average molecular weight is 338 g/mol. The number of carbonyl (C=O) groups is 2. The minimum Gasteiger partial charge on any atom is -0.486 e. The van der Waals surface area contributed by atoms with Gasteiger partial charge in [-0.05, 0) is 30.3 Å². The molecule has 2 amide bonds. The molecule has 0 unspecified atom stereocenters.